The molecule has 5 heteroatoms. The molecule has 0 unspecified atom stereocenters. The lowest BCUT2D eigenvalue weighted by atomic mass is 10.2. The van der Waals surface area contributed by atoms with Crippen LogP contribution in [0.5, 0.6) is 5.75 Å². The zero-order valence-corrected chi connectivity index (χ0v) is 12.2. The van der Waals surface area contributed by atoms with Crippen molar-refractivity contribution in [3.05, 3.63) is 54.4 Å². The van der Waals surface area contributed by atoms with E-state index in [9.17, 15) is 4.79 Å². The maximum absolute atomic E-state index is 11.9. The van der Waals surface area contributed by atoms with Crippen LogP contribution in [0.1, 0.15) is 12.3 Å². The Morgan fingerprint density at radius 3 is 2.68 bits per heavy atom. The topological polar surface area (TPSA) is 64.4 Å². The lowest BCUT2D eigenvalue weighted by molar-refractivity contribution is -0.116. The lowest BCUT2D eigenvalue weighted by Crippen LogP contribution is -2.12. The minimum atomic E-state index is -0.0765. The van der Waals surface area contributed by atoms with E-state index in [1.165, 1.54) is 0 Å². The first-order valence-corrected chi connectivity index (χ1v) is 7.03. The van der Waals surface area contributed by atoms with Crippen LogP contribution in [-0.2, 0) is 11.2 Å². The van der Waals surface area contributed by atoms with Gasteiger partial charge in [-0.05, 0) is 36.4 Å². The van der Waals surface area contributed by atoms with Gasteiger partial charge < -0.3 is 14.5 Å². The molecule has 0 aliphatic heterocycles. The van der Waals surface area contributed by atoms with Gasteiger partial charge in [-0.2, -0.15) is 0 Å². The van der Waals surface area contributed by atoms with Crippen molar-refractivity contribution in [2.24, 2.45) is 0 Å². The largest absolute Gasteiger partial charge is 0.497 e. The highest BCUT2D eigenvalue weighted by atomic mass is 16.5. The maximum atomic E-state index is 11.9. The SMILES string of the molecule is COc1ccc(NC(=O)CCc2nc3ccccc3o2)cc1. The molecule has 0 saturated carbocycles. The second kappa shape index (κ2) is 6.30. The van der Waals surface area contributed by atoms with Crippen LogP contribution < -0.4 is 10.1 Å². The van der Waals surface area contributed by atoms with E-state index in [1.54, 1.807) is 31.4 Å². The number of nitrogens with one attached hydrogen (secondary N) is 1. The summed E-state index contributed by atoms with van der Waals surface area (Å²) in [6, 6.07) is 14.8. The van der Waals surface area contributed by atoms with Crippen molar-refractivity contribution in [2.75, 3.05) is 12.4 Å². The molecule has 3 rings (SSSR count). The Labute approximate surface area is 127 Å². The summed E-state index contributed by atoms with van der Waals surface area (Å²) in [5, 5.41) is 2.83. The summed E-state index contributed by atoms with van der Waals surface area (Å²) in [5.41, 5.74) is 2.30. The molecule has 0 aliphatic rings. The highest BCUT2D eigenvalue weighted by Gasteiger charge is 2.08. The Morgan fingerprint density at radius 2 is 1.95 bits per heavy atom. The van der Waals surface area contributed by atoms with Crippen LogP contribution in [0.4, 0.5) is 5.69 Å². The number of para-hydroxylation sites is 2. The van der Waals surface area contributed by atoms with Gasteiger partial charge in [0.1, 0.15) is 11.3 Å². The van der Waals surface area contributed by atoms with E-state index in [-0.39, 0.29) is 5.91 Å². The predicted molar refractivity (Wildman–Crippen MR) is 84.0 cm³/mol. The van der Waals surface area contributed by atoms with Gasteiger partial charge in [-0.25, -0.2) is 4.98 Å². The summed E-state index contributed by atoms with van der Waals surface area (Å²) in [7, 11) is 1.61. The molecule has 1 amide bonds. The average Bonchev–Trinajstić information content (AvgIpc) is 2.96. The van der Waals surface area contributed by atoms with Crippen molar-refractivity contribution in [3.63, 3.8) is 0 Å². The van der Waals surface area contributed by atoms with Gasteiger partial charge in [-0.1, -0.05) is 12.1 Å². The molecule has 0 bridgehead atoms. The molecule has 1 heterocycles. The minimum Gasteiger partial charge on any atom is -0.497 e. The third-order valence-corrected chi connectivity index (χ3v) is 3.28. The van der Waals surface area contributed by atoms with E-state index < -0.39 is 0 Å². The fourth-order valence-corrected chi connectivity index (χ4v) is 2.15. The van der Waals surface area contributed by atoms with E-state index in [1.807, 2.05) is 24.3 Å². The third kappa shape index (κ3) is 3.25. The van der Waals surface area contributed by atoms with Crippen molar-refractivity contribution in [2.45, 2.75) is 12.8 Å². The molecule has 22 heavy (non-hydrogen) atoms. The Bertz CT molecular complexity index is 745. The molecule has 0 spiro atoms. The normalized spacial score (nSPS) is 10.6. The lowest BCUT2D eigenvalue weighted by Gasteiger charge is -2.05. The number of aromatic nitrogens is 1. The monoisotopic (exact) mass is 296 g/mol. The number of nitrogens with zero attached hydrogens (tertiary/aromatic N) is 1. The van der Waals surface area contributed by atoms with Crippen molar-refractivity contribution < 1.29 is 13.9 Å². The van der Waals surface area contributed by atoms with Crippen molar-refractivity contribution in [3.8, 4) is 5.75 Å². The summed E-state index contributed by atoms with van der Waals surface area (Å²) < 4.78 is 10.7. The molecule has 1 N–H and O–H groups in total. The predicted octanol–water partition coefficient (Wildman–Crippen LogP) is 3.41. The first-order valence-electron chi connectivity index (χ1n) is 7.03. The highest BCUT2D eigenvalue weighted by Crippen LogP contribution is 2.17. The molecular formula is C17H16N2O3. The molecule has 1 aromatic heterocycles. The molecule has 0 atom stereocenters. The highest BCUT2D eigenvalue weighted by molar-refractivity contribution is 5.90. The summed E-state index contributed by atoms with van der Waals surface area (Å²) >= 11 is 0. The third-order valence-electron chi connectivity index (χ3n) is 3.28. The molecular weight excluding hydrogens is 280 g/mol. The Hall–Kier alpha value is -2.82. The van der Waals surface area contributed by atoms with Crippen LogP contribution in [0.3, 0.4) is 0 Å². The van der Waals surface area contributed by atoms with Gasteiger partial charge in [0.25, 0.3) is 0 Å². The number of anilines is 1. The quantitative estimate of drug-likeness (QED) is 0.783. The zero-order chi connectivity index (χ0) is 15.4. The van der Waals surface area contributed by atoms with Crippen LogP contribution in [0, 0.1) is 0 Å². The van der Waals surface area contributed by atoms with E-state index in [4.69, 9.17) is 9.15 Å². The molecule has 112 valence electrons. The first kappa shape index (κ1) is 14.1. The molecule has 0 saturated heterocycles. The number of hydrogen-bond acceptors (Lipinski definition) is 4. The summed E-state index contributed by atoms with van der Waals surface area (Å²) in [6.45, 7) is 0. The van der Waals surface area contributed by atoms with Crippen LogP contribution in [0.25, 0.3) is 11.1 Å². The smallest absolute Gasteiger partial charge is 0.224 e. The van der Waals surface area contributed by atoms with E-state index in [0.717, 1.165) is 22.5 Å². The number of oxazole rings is 1. The number of amides is 1. The van der Waals surface area contributed by atoms with Crippen molar-refractivity contribution in [1.29, 1.82) is 0 Å². The number of fused-ring (bicyclic) bond motifs is 1. The number of methoxy groups -OCH3 is 1. The number of hydrogen-bond donors (Lipinski definition) is 1. The van der Waals surface area contributed by atoms with Crippen LogP contribution in [0.15, 0.2) is 52.9 Å². The van der Waals surface area contributed by atoms with E-state index in [0.29, 0.717) is 18.7 Å². The minimum absolute atomic E-state index is 0.0765. The Kier molecular flexibility index (Phi) is 4.05. The van der Waals surface area contributed by atoms with Gasteiger partial charge in [0.15, 0.2) is 11.5 Å². The number of aryl methyl sites for hydroxylation is 1. The number of carbonyl (C=O) groups excluding carboxylic acids is 1. The van der Waals surface area contributed by atoms with Gasteiger partial charge in [-0.3, -0.25) is 4.79 Å². The van der Waals surface area contributed by atoms with Crippen LogP contribution in [0.2, 0.25) is 0 Å². The maximum Gasteiger partial charge on any atom is 0.224 e. The standard InChI is InChI=1S/C17H16N2O3/c1-21-13-8-6-12(7-9-13)18-16(20)10-11-17-19-14-4-2-3-5-15(14)22-17/h2-9H,10-11H2,1H3,(H,18,20). The van der Waals surface area contributed by atoms with E-state index in [2.05, 4.69) is 10.3 Å². The number of carbonyl (C=O) groups is 1. The van der Waals surface area contributed by atoms with Crippen molar-refractivity contribution >= 4 is 22.7 Å². The van der Waals surface area contributed by atoms with Gasteiger partial charge in [0, 0.05) is 18.5 Å². The second-order valence-electron chi connectivity index (χ2n) is 4.85. The summed E-state index contributed by atoms with van der Waals surface area (Å²) in [5.74, 6) is 1.25. The Balaban J connectivity index is 1.57. The van der Waals surface area contributed by atoms with Crippen LogP contribution in [-0.4, -0.2) is 18.0 Å². The zero-order valence-electron chi connectivity index (χ0n) is 12.2. The fraction of sp³-hybridized carbons (Fsp3) is 0.176. The number of rotatable bonds is 5. The molecule has 2 aromatic carbocycles. The van der Waals surface area contributed by atoms with Gasteiger partial charge in [0.2, 0.25) is 5.91 Å². The fourth-order valence-electron chi connectivity index (χ4n) is 2.15. The number of ether oxygens (including phenoxy) is 1. The summed E-state index contributed by atoms with van der Waals surface area (Å²) in [4.78, 5) is 16.3. The van der Waals surface area contributed by atoms with Crippen LogP contribution >= 0.6 is 0 Å². The second-order valence-corrected chi connectivity index (χ2v) is 4.85. The van der Waals surface area contributed by atoms with E-state index >= 15 is 0 Å². The molecule has 0 aliphatic carbocycles. The molecule has 3 aromatic rings. The first-order chi connectivity index (χ1) is 10.7. The van der Waals surface area contributed by atoms with Gasteiger partial charge in [-0.15, -0.1) is 0 Å². The molecule has 0 radical (unpaired) electrons. The summed E-state index contributed by atoms with van der Waals surface area (Å²) in [6.07, 6.45) is 0.787. The van der Waals surface area contributed by atoms with Crippen molar-refractivity contribution in [1.82, 2.24) is 4.98 Å². The Morgan fingerprint density at radius 1 is 1.18 bits per heavy atom. The van der Waals surface area contributed by atoms with Gasteiger partial charge in [0.05, 0.1) is 7.11 Å². The number of benzene rings is 2. The molecule has 0 fully saturated rings. The molecule has 5 nitrogen and oxygen atoms in total. The average molecular weight is 296 g/mol. The van der Waals surface area contributed by atoms with Gasteiger partial charge >= 0.3 is 0 Å².